The minimum absolute atomic E-state index is 0.0384. The molecule has 10 heteroatoms. The summed E-state index contributed by atoms with van der Waals surface area (Å²) in [5.41, 5.74) is 1.69. The van der Waals surface area contributed by atoms with E-state index in [1.807, 2.05) is 6.07 Å². The molecule has 32 heavy (non-hydrogen) atoms. The number of hydrogen-bond donors (Lipinski definition) is 2. The van der Waals surface area contributed by atoms with Crippen LogP contribution in [0.1, 0.15) is 0 Å². The maximum Gasteiger partial charge on any atom is 0.263 e. The van der Waals surface area contributed by atoms with E-state index in [2.05, 4.69) is 20.0 Å². The number of aromatic nitrogens is 2. The molecule has 1 heterocycles. The van der Waals surface area contributed by atoms with Crippen molar-refractivity contribution in [2.24, 2.45) is 0 Å². The molecule has 0 saturated carbocycles. The molecule has 3 aromatic carbocycles. The van der Waals surface area contributed by atoms with Crippen molar-refractivity contribution in [1.82, 2.24) is 9.97 Å². The van der Waals surface area contributed by atoms with Gasteiger partial charge in [0.15, 0.2) is 11.6 Å². The van der Waals surface area contributed by atoms with Gasteiger partial charge in [-0.05, 0) is 48.5 Å². The molecule has 0 aliphatic heterocycles. The number of nitrogens with one attached hydrogen (secondary N) is 2. The van der Waals surface area contributed by atoms with Gasteiger partial charge in [-0.15, -0.1) is 0 Å². The van der Waals surface area contributed by atoms with Crippen LogP contribution >= 0.6 is 11.6 Å². The van der Waals surface area contributed by atoms with Crippen LogP contribution in [0, 0.1) is 0 Å². The van der Waals surface area contributed by atoms with Crippen molar-refractivity contribution in [3.63, 3.8) is 0 Å². The molecule has 2 N–H and O–H groups in total. The Morgan fingerprint density at radius 3 is 2.12 bits per heavy atom. The topological polar surface area (TPSA) is 102 Å². The number of para-hydroxylation sites is 2. The molecule has 4 aromatic rings. The lowest BCUT2D eigenvalue weighted by atomic mass is 10.2. The molecule has 0 aliphatic rings. The van der Waals surface area contributed by atoms with Crippen LogP contribution in [0.15, 0.2) is 71.6 Å². The fraction of sp³-hybridized carbons (Fsp3) is 0.0909. The summed E-state index contributed by atoms with van der Waals surface area (Å²) in [4.78, 5) is 9.10. The Labute approximate surface area is 190 Å². The number of fused-ring (bicyclic) bond motifs is 1. The summed E-state index contributed by atoms with van der Waals surface area (Å²) < 4.78 is 39.1. The van der Waals surface area contributed by atoms with E-state index in [0.29, 0.717) is 33.2 Å². The highest BCUT2D eigenvalue weighted by molar-refractivity contribution is 7.92. The van der Waals surface area contributed by atoms with Gasteiger partial charge in [-0.3, -0.25) is 4.72 Å². The third-order valence-corrected chi connectivity index (χ3v) is 6.19. The molecule has 0 aliphatic carbocycles. The minimum Gasteiger partial charge on any atom is -0.497 e. The molecule has 4 rings (SSSR count). The van der Waals surface area contributed by atoms with Crippen LogP contribution in [-0.2, 0) is 10.0 Å². The molecule has 0 saturated heterocycles. The number of methoxy groups -OCH3 is 2. The van der Waals surface area contributed by atoms with Gasteiger partial charge in [0.2, 0.25) is 0 Å². The summed E-state index contributed by atoms with van der Waals surface area (Å²) in [5.74, 6) is 1.35. The fourth-order valence-electron chi connectivity index (χ4n) is 2.99. The summed E-state index contributed by atoms with van der Waals surface area (Å²) in [6, 6.07) is 18.2. The Balaban J connectivity index is 1.78. The molecule has 1 aromatic heterocycles. The first-order valence-corrected chi connectivity index (χ1v) is 11.3. The zero-order valence-corrected chi connectivity index (χ0v) is 18.7. The lowest BCUT2D eigenvalue weighted by Crippen LogP contribution is -2.16. The Bertz CT molecular complexity index is 1380. The number of halogens is 1. The van der Waals surface area contributed by atoms with E-state index >= 15 is 0 Å². The number of hydrogen-bond acceptors (Lipinski definition) is 7. The van der Waals surface area contributed by atoms with Crippen molar-refractivity contribution in [2.45, 2.75) is 4.90 Å². The second-order valence-electron chi connectivity index (χ2n) is 6.66. The van der Waals surface area contributed by atoms with Crippen LogP contribution in [0.3, 0.4) is 0 Å². The third kappa shape index (κ3) is 4.53. The van der Waals surface area contributed by atoms with Gasteiger partial charge in [0.25, 0.3) is 10.0 Å². The van der Waals surface area contributed by atoms with Crippen LogP contribution in [-0.4, -0.2) is 32.6 Å². The highest BCUT2D eigenvalue weighted by Crippen LogP contribution is 2.34. The summed E-state index contributed by atoms with van der Waals surface area (Å²) in [7, 11) is -0.862. The molecule has 164 valence electrons. The molecule has 0 fully saturated rings. The average Bonchev–Trinajstić information content (AvgIpc) is 2.79. The molecule has 0 unspecified atom stereocenters. The van der Waals surface area contributed by atoms with Gasteiger partial charge < -0.3 is 14.8 Å². The molecular formula is C22H19ClN4O4S. The lowest BCUT2D eigenvalue weighted by Gasteiger charge is -2.16. The van der Waals surface area contributed by atoms with Crippen molar-refractivity contribution < 1.29 is 17.9 Å². The van der Waals surface area contributed by atoms with Crippen molar-refractivity contribution in [1.29, 1.82) is 0 Å². The molecule has 0 spiro atoms. The first kappa shape index (κ1) is 21.7. The van der Waals surface area contributed by atoms with Crippen LogP contribution in [0.5, 0.6) is 11.5 Å². The van der Waals surface area contributed by atoms with Crippen molar-refractivity contribution in [3.05, 3.63) is 71.8 Å². The largest absolute Gasteiger partial charge is 0.497 e. The van der Waals surface area contributed by atoms with Gasteiger partial charge in [-0.25, -0.2) is 18.4 Å². The molecule has 0 bridgehead atoms. The van der Waals surface area contributed by atoms with E-state index in [4.69, 9.17) is 21.1 Å². The monoisotopic (exact) mass is 470 g/mol. The van der Waals surface area contributed by atoms with Gasteiger partial charge in [0, 0.05) is 11.1 Å². The third-order valence-electron chi connectivity index (χ3n) is 4.59. The smallest absolute Gasteiger partial charge is 0.263 e. The first-order valence-electron chi connectivity index (χ1n) is 9.44. The fourth-order valence-corrected chi connectivity index (χ4v) is 4.12. The quantitative estimate of drug-likeness (QED) is 0.398. The maximum atomic E-state index is 13.0. The number of sulfonamides is 1. The van der Waals surface area contributed by atoms with Crippen LogP contribution < -0.4 is 19.5 Å². The predicted octanol–water partition coefficient (Wildman–Crippen LogP) is 4.84. The predicted molar refractivity (Wildman–Crippen MR) is 125 cm³/mol. The highest BCUT2D eigenvalue weighted by atomic mass is 35.5. The van der Waals surface area contributed by atoms with E-state index in [9.17, 15) is 8.42 Å². The minimum atomic E-state index is -3.94. The SMILES string of the molecule is COc1ccc(Nc2nc3ccccc3nc2NS(=O)(=O)c2ccc(Cl)cc2)c(OC)c1. The maximum absolute atomic E-state index is 13.0. The second-order valence-corrected chi connectivity index (χ2v) is 8.78. The molecular weight excluding hydrogens is 452 g/mol. The van der Waals surface area contributed by atoms with Gasteiger partial charge >= 0.3 is 0 Å². The van der Waals surface area contributed by atoms with Crippen LogP contribution in [0.4, 0.5) is 17.3 Å². The highest BCUT2D eigenvalue weighted by Gasteiger charge is 2.20. The number of rotatable bonds is 7. The normalized spacial score (nSPS) is 11.2. The Kier molecular flexibility index (Phi) is 6.02. The first-order chi connectivity index (χ1) is 15.4. The van der Waals surface area contributed by atoms with Gasteiger partial charge in [-0.2, -0.15) is 0 Å². The van der Waals surface area contributed by atoms with Crippen molar-refractivity contribution >= 4 is 50.0 Å². The number of anilines is 3. The molecule has 0 amide bonds. The van der Waals surface area contributed by atoms with Crippen molar-refractivity contribution in [3.8, 4) is 11.5 Å². The molecule has 8 nitrogen and oxygen atoms in total. The Morgan fingerprint density at radius 2 is 1.50 bits per heavy atom. The van der Waals surface area contributed by atoms with E-state index in [1.165, 1.54) is 31.4 Å². The zero-order valence-electron chi connectivity index (χ0n) is 17.2. The van der Waals surface area contributed by atoms with Gasteiger partial charge in [0.05, 0.1) is 35.8 Å². The zero-order chi connectivity index (χ0) is 22.7. The molecule has 0 radical (unpaired) electrons. The number of ether oxygens (including phenoxy) is 2. The summed E-state index contributed by atoms with van der Waals surface area (Å²) in [6.45, 7) is 0. The standard InChI is InChI=1S/C22H19ClN4O4S/c1-30-15-9-12-19(20(13-15)31-2)26-21-22(25-18-6-4-3-5-17(18)24-21)27-32(28,29)16-10-7-14(23)8-11-16/h3-13H,1-2H3,(H,24,26)(H,25,27). The summed E-state index contributed by atoms with van der Waals surface area (Å²) in [6.07, 6.45) is 0. The summed E-state index contributed by atoms with van der Waals surface area (Å²) >= 11 is 5.88. The van der Waals surface area contributed by atoms with E-state index in [-0.39, 0.29) is 16.5 Å². The van der Waals surface area contributed by atoms with Crippen LogP contribution in [0.25, 0.3) is 11.0 Å². The van der Waals surface area contributed by atoms with Crippen LogP contribution in [0.2, 0.25) is 5.02 Å². The second kappa shape index (κ2) is 8.89. The Hall–Kier alpha value is -3.56. The summed E-state index contributed by atoms with van der Waals surface area (Å²) in [5, 5.41) is 3.55. The van der Waals surface area contributed by atoms with Gasteiger partial charge in [-0.1, -0.05) is 23.7 Å². The van der Waals surface area contributed by atoms with Crippen molar-refractivity contribution in [2.75, 3.05) is 24.3 Å². The van der Waals surface area contributed by atoms with E-state index in [0.717, 1.165) is 0 Å². The van der Waals surface area contributed by atoms with Gasteiger partial charge in [0.1, 0.15) is 11.5 Å². The number of benzene rings is 3. The molecule has 0 atom stereocenters. The van der Waals surface area contributed by atoms with E-state index < -0.39 is 10.0 Å². The van der Waals surface area contributed by atoms with E-state index in [1.54, 1.807) is 43.5 Å². The average molecular weight is 471 g/mol. The Morgan fingerprint density at radius 1 is 0.844 bits per heavy atom. The number of nitrogens with zero attached hydrogens (tertiary/aromatic N) is 2. The lowest BCUT2D eigenvalue weighted by molar-refractivity contribution is 0.395.